The zero-order chi connectivity index (χ0) is 49.7. The average Bonchev–Trinajstić information content (AvgIpc) is 3.29. The molecular formula is C52H73ClN2O10S3. The van der Waals surface area contributed by atoms with Crippen molar-refractivity contribution in [3.63, 3.8) is 0 Å². The summed E-state index contributed by atoms with van der Waals surface area (Å²) in [4.78, 5) is 25.6. The molecule has 0 aromatic heterocycles. The Hall–Kier alpha value is -4.44. The third kappa shape index (κ3) is 24.2. The molecule has 12 nitrogen and oxygen atoms in total. The van der Waals surface area contributed by atoms with E-state index in [4.69, 9.17) is 28.5 Å². The summed E-state index contributed by atoms with van der Waals surface area (Å²) in [5.74, 6) is 0.282. The number of ether oxygens (including phenoxy) is 2. The molecule has 0 saturated carbocycles. The molecule has 4 aromatic carbocycles. The summed E-state index contributed by atoms with van der Waals surface area (Å²) >= 11 is -4.13. The maximum atomic E-state index is 13.0. The molecule has 4 unspecified atom stereocenters. The Morgan fingerprint density at radius 1 is 0.500 bits per heavy atom. The molecule has 0 heterocycles. The van der Waals surface area contributed by atoms with Crippen LogP contribution >= 0.6 is 10.7 Å². The lowest BCUT2D eigenvalue weighted by atomic mass is 10.1. The standard InChI is InChI=1S/C26H36ClNO6S2.C26H37NO4S/c1-4-5-6-7-8-9-10-11-12-24(33-23-18-15-21(3)19-25(23)36(27,31)32)26(29)28-35(30)34-22-16-13-20(2)14-17-22;1-4-5-6-7-8-9-10-11-12-25(30-23-17-13-21(2)14-18-23)26(28)27-32(29)31-24-19-15-22(3)16-20-24/h13-19,24H,4-12H2,1-3H3,(H,28,29);13-20,25H,4-12H2,1-3H3,(H,27,28). The zero-order valence-corrected chi connectivity index (χ0v) is 43.9. The molecule has 0 aliphatic rings. The van der Waals surface area contributed by atoms with Crippen molar-refractivity contribution in [2.45, 2.75) is 174 Å². The van der Waals surface area contributed by atoms with Gasteiger partial charge in [-0.3, -0.25) is 9.59 Å². The summed E-state index contributed by atoms with van der Waals surface area (Å²) in [5, 5.41) is 0. The van der Waals surface area contributed by atoms with Crippen molar-refractivity contribution in [3.05, 3.63) is 113 Å². The molecule has 2 amide bonds. The fourth-order valence-electron chi connectivity index (χ4n) is 6.95. The van der Waals surface area contributed by atoms with Crippen LogP contribution in [0.4, 0.5) is 0 Å². The van der Waals surface area contributed by atoms with Crippen molar-refractivity contribution in [1.29, 1.82) is 0 Å². The lowest BCUT2D eigenvalue weighted by Crippen LogP contribution is -2.40. The van der Waals surface area contributed by atoms with Gasteiger partial charge >= 0.3 is 22.5 Å². The first kappa shape index (κ1) is 57.9. The smallest absolute Gasteiger partial charge is 0.318 e. The van der Waals surface area contributed by atoms with Crippen LogP contribution in [-0.2, 0) is 41.2 Å². The number of benzene rings is 4. The van der Waals surface area contributed by atoms with E-state index in [0.717, 1.165) is 55.2 Å². The number of unbranched alkanes of at least 4 members (excludes halogenated alkanes) is 14. The molecule has 0 aliphatic carbocycles. The van der Waals surface area contributed by atoms with Gasteiger partial charge in [-0.1, -0.05) is 163 Å². The summed E-state index contributed by atoms with van der Waals surface area (Å²) in [7, 11) is 1.50. The van der Waals surface area contributed by atoms with E-state index in [1.165, 1.54) is 69.9 Å². The van der Waals surface area contributed by atoms with Crippen LogP contribution < -0.4 is 27.3 Å². The van der Waals surface area contributed by atoms with Crippen LogP contribution in [0.3, 0.4) is 0 Å². The Morgan fingerprint density at radius 3 is 1.22 bits per heavy atom. The number of aryl methyl sites for hydroxylation is 4. The van der Waals surface area contributed by atoms with Gasteiger partial charge in [0.15, 0.2) is 12.2 Å². The molecule has 4 aromatic rings. The van der Waals surface area contributed by atoms with Crippen LogP contribution in [0.5, 0.6) is 23.0 Å². The molecule has 68 heavy (non-hydrogen) atoms. The number of rotatable bonds is 31. The Bertz CT molecular complexity index is 2240. The van der Waals surface area contributed by atoms with E-state index in [1.54, 1.807) is 49.4 Å². The summed E-state index contributed by atoms with van der Waals surface area (Å²) < 4.78 is 76.1. The Morgan fingerprint density at radius 2 is 0.838 bits per heavy atom. The summed E-state index contributed by atoms with van der Waals surface area (Å²) in [6.45, 7) is 12.0. The highest BCUT2D eigenvalue weighted by molar-refractivity contribution is 8.13. The third-order valence-electron chi connectivity index (χ3n) is 10.9. The highest BCUT2D eigenvalue weighted by Crippen LogP contribution is 2.30. The number of hydrogen-bond acceptors (Lipinski definition) is 10. The second kappa shape index (κ2) is 32.4. The fraction of sp³-hybridized carbons (Fsp3) is 0.500. The lowest BCUT2D eigenvalue weighted by molar-refractivity contribution is -0.127. The van der Waals surface area contributed by atoms with Crippen molar-refractivity contribution in [2.75, 3.05) is 0 Å². The predicted molar refractivity (Wildman–Crippen MR) is 275 cm³/mol. The largest absolute Gasteiger partial charge is 0.481 e. The fourth-order valence-corrected chi connectivity index (χ4v) is 9.24. The van der Waals surface area contributed by atoms with Gasteiger partial charge in [0.2, 0.25) is 0 Å². The number of halogens is 1. The quantitative estimate of drug-likeness (QED) is 0.0366. The van der Waals surface area contributed by atoms with Gasteiger partial charge in [0.05, 0.1) is 0 Å². The maximum absolute atomic E-state index is 13.0. The van der Waals surface area contributed by atoms with Crippen molar-refractivity contribution < 1.29 is 44.3 Å². The van der Waals surface area contributed by atoms with Crippen LogP contribution in [0, 0.1) is 27.7 Å². The van der Waals surface area contributed by atoms with Gasteiger partial charge in [-0.15, -0.1) is 0 Å². The molecule has 16 heteroatoms. The minimum atomic E-state index is -4.10. The van der Waals surface area contributed by atoms with Crippen LogP contribution in [0.2, 0.25) is 0 Å². The maximum Gasteiger partial charge on any atom is 0.318 e. The van der Waals surface area contributed by atoms with Gasteiger partial charge in [0, 0.05) is 10.7 Å². The van der Waals surface area contributed by atoms with Crippen LogP contribution in [0.15, 0.2) is 95.9 Å². The molecule has 0 bridgehead atoms. The minimum absolute atomic E-state index is 0.0273. The van der Waals surface area contributed by atoms with Crippen LogP contribution in [0.1, 0.15) is 152 Å². The van der Waals surface area contributed by atoms with Gasteiger partial charge in [-0.05, 0) is 107 Å². The van der Waals surface area contributed by atoms with E-state index in [2.05, 4.69) is 23.3 Å². The molecule has 0 spiro atoms. The molecule has 2 N–H and O–H groups in total. The van der Waals surface area contributed by atoms with E-state index < -0.39 is 55.6 Å². The van der Waals surface area contributed by atoms with Crippen molar-refractivity contribution >= 4 is 54.1 Å². The first-order valence-corrected chi connectivity index (χ1v) is 28.4. The Labute approximate surface area is 416 Å². The minimum Gasteiger partial charge on any atom is -0.481 e. The van der Waals surface area contributed by atoms with Gasteiger partial charge < -0.3 is 17.8 Å². The highest BCUT2D eigenvalue weighted by Gasteiger charge is 2.27. The van der Waals surface area contributed by atoms with Gasteiger partial charge in [0.1, 0.15) is 27.9 Å². The second-order valence-electron chi connectivity index (χ2n) is 17.1. The number of carbonyl (C=O) groups is 2. The third-order valence-corrected chi connectivity index (χ3v) is 13.7. The average molecular weight is 1020 g/mol. The molecule has 0 saturated heterocycles. The zero-order valence-electron chi connectivity index (χ0n) is 40.7. The van der Waals surface area contributed by atoms with E-state index in [0.29, 0.717) is 42.1 Å². The van der Waals surface area contributed by atoms with Crippen molar-refractivity contribution in [3.8, 4) is 23.0 Å². The molecular weight excluding hydrogens is 944 g/mol. The Balaban J connectivity index is 0.000000363. The molecule has 4 rings (SSSR count). The van der Waals surface area contributed by atoms with Crippen LogP contribution in [0.25, 0.3) is 0 Å². The van der Waals surface area contributed by atoms with E-state index >= 15 is 0 Å². The first-order valence-electron chi connectivity index (χ1n) is 24.0. The lowest BCUT2D eigenvalue weighted by Gasteiger charge is -2.20. The van der Waals surface area contributed by atoms with E-state index in [1.807, 2.05) is 57.2 Å². The van der Waals surface area contributed by atoms with E-state index in [9.17, 15) is 26.4 Å². The normalized spacial score (nSPS) is 12.9. The van der Waals surface area contributed by atoms with Gasteiger partial charge in [0.25, 0.3) is 20.9 Å². The van der Waals surface area contributed by atoms with Crippen molar-refractivity contribution in [2.24, 2.45) is 0 Å². The van der Waals surface area contributed by atoms with Gasteiger partial charge in [-0.25, -0.2) is 17.9 Å². The highest BCUT2D eigenvalue weighted by atomic mass is 35.7. The first-order chi connectivity index (χ1) is 32.6. The number of carbonyl (C=O) groups excluding carboxylic acids is 2. The number of amides is 2. The topological polar surface area (TPSA) is 163 Å². The molecule has 0 radical (unpaired) electrons. The molecule has 0 aliphatic heterocycles. The SMILES string of the molecule is CCCCCCCCCCC(Oc1ccc(C)cc1)C(=O)NS(=O)Oc1ccc(C)cc1.CCCCCCCCCCC(Oc1ccc(C)cc1S(=O)(=O)Cl)C(=O)NS(=O)Oc1ccc(C)cc1. The second-order valence-corrected chi connectivity index (χ2v) is 21.4. The summed E-state index contributed by atoms with van der Waals surface area (Å²) in [5.41, 5.74) is 3.88. The van der Waals surface area contributed by atoms with E-state index in [-0.39, 0.29) is 10.6 Å². The number of hydrogen-bond donors (Lipinski definition) is 2. The Kier molecular flexibility index (Phi) is 27.6. The molecule has 0 fully saturated rings. The molecule has 4 atom stereocenters. The summed E-state index contributed by atoms with van der Waals surface area (Å²) in [6, 6.07) is 26.2. The van der Waals surface area contributed by atoms with Crippen molar-refractivity contribution in [1.82, 2.24) is 9.44 Å². The monoisotopic (exact) mass is 1020 g/mol. The van der Waals surface area contributed by atoms with Crippen LogP contribution in [-0.4, -0.2) is 40.9 Å². The number of nitrogens with one attached hydrogen (secondary N) is 2. The van der Waals surface area contributed by atoms with Gasteiger partial charge in [-0.2, -0.15) is 8.42 Å². The summed E-state index contributed by atoms with van der Waals surface area (Å²) in [6.07, 6.45) is 17.1. The molecule has 376 valence electrons. The predicted octanol–water partition coefficient (Wildman–Crippen LogP) is 12.6.